The van der Waals surface area contributed by atoms with Gasteiger partial charge in [0.15, 0.2) is 23.0 Å². The number of amides is 2. The van der Waals surface area contributed by atoms with E-state index >= 15 is 4.39 Å². The van der Waals surface area contributed by atoms with Gasteiger partial charge in [0.05, 0.1) is 52.7 Å². The Morgan fingerprint density at radius 2 is 1.77 bits per heavy atom. The number of anilines is 2. The molecule has 3 aliphatic heterocycles. The number of nitriles is 1. The molecule has 5 aromatic heterocycles. The van der Waals surface area contributed by atoms with Crippen molar-refractivity contribution in [1.29, 1.82) is 5.26 Å². The van der Waals surface area contributed by atoms with Crippen LogP contribution in [0.25, 0.3) is 22.4 Å². The monoisotopic (exact) mass is 965 g/mol. The van der Waals surface area contributed by atoms with Crippen molar-refractivity contribution in [2.24, 2.45) is 17.9 Å². The van der Waals surface area contributed by atoms with Crippen LogP contribution in [-0.4, -0.2) is 85.9 Å². The summed E-state index contributed by atoms with van der Waals surface area (Å²) in [5, 5.41) is 23.1. The Bertz CT molecular complexity index is 3110. The highest BCUT2D eigenvalue weighted by Gasteiger charge is 2.50. The van der Waals surface area contributed by atoms with Crippen LogP contribution in [0.15, 0.2) is 41.2 Å². The molecule has 362 valence electrons. The molecule has 6 aromatic rings. The molecule has 70 heavy (non-hydrogen) atoms. The summed E-state index contributed by atoms with van der Waals surface area (Å²) in [5.41, 5.74) is 12.1. The van der Waals surface area contributed by atoms with E-state index < -0.39 is 11.3 Å². The predicted molar refractivity (Wildman–Crippen MR) is 259 cm³/mol. The maximum absolute atomic E-state index is 16.0. The third-order valence-electron chi connectivity index (χ3n) is 16.6. The van der Waals surface area contributed by atoms with Crippen LogP contribution in [0.1, 0.15) is 122 Å². The summed E-state index contributed by atoms with van der Waals surface area (Å²) in [5.74, 6) is 0.921. The van der Waals surface area contributed by atoms with E-state index in [9.17, 15) is 14.9 Å². The second-order valence-electron chi connectivity index (χ2n) is 20.9. The van der Waals surface area contributed by atoms with Gasteiger partial charge < -0.3 is 29.5 Å². The molecule has 16 nitrogen and oxygen atoms in total. The molecule has 2 atom stereocenters. The molecule has 1 unspecified atom stereocenters. The summed E-state index contributed by atoms with van der Waals surface area (Å²) in [4.78, 5) is 44.6. The Hall–Kier alpha value is -6.45. The first-order valence-electron chi connectivity index (χ1n) is 24.8. The standard InChI is InChI=1S/C52H56FN11O5S/c1-30-9-18-56-27-38(30)68-42-25-41(58-48(59-42)45-31-5-3-10-52(46(31)69-61-45)11-4-6-39-43(52)34(26-54)47(55)70-39)67-29-51(12-13-51)28-63-19-14-50(15-20-63)16-21-64(22-17-50)37-24-36-33(23-35(37)53)44(60-62(36)2)32-7-8-40(65)57-49(32)66/h9,18,23-25,27,32H,3-8,10-17,19-22,28-29,55H2,1-2H3,(H,57,65,66)/t32?,52-/m0/s1. The second-order valence-corrected chi connectivity index (χ2v) is 22.0. The molecule has 6 aliphatic rings. The number of likely N-dealkylation sites (tertiary alicyclic amines) is 1. The van der Waals surface area contributed by atoms with Crippen molar-refractivity contribution in [1.82, 2.24) is 40.1 Å². The summed E-state index contributed by atoms with van der Waals surface area (Å²) in [6, 6.07) is 9.45. The van der Waals surface area contributed by atoms with E-state index in [4.69, 9.17) is 29.7 Å². The molecule has 1 aromatic carbocycles. The molecule has 2 spiro atoms. The van der Waals surface area contributed by atoms with Gasteiger partial charge in [-0.05, 0) is 138 Å². The number of imide groups is 1. The number of piperidine rings is 3. The summed E-state index contributed by atoms with van der Waals surface area (Å²) in [6.45, 7) is 6.98. The van der Waals surface area contributed by atoms with Gasteiger partial charge in [-0.2, -0.15) is 20.3 Å². The highest BCUT2D eigenvalue weighted by molar-refractivity contribution is 7.16. The molecule has 1 saturated carbocycles. The number of nitrogens with zero attached hydrogens (tertiary/aromatic N) is 9. The summed E-state index contributed by atoms with van der Waals surface area (Å²) < 4.78 is 37.0. The third kappa shape index (κ3) is 7.76. The number of ether oxygens (including phenoxy) is 2. The van der Waals surface area contributed by atoms with Crippen LogP contribution in [0.2, 0.25) is 0 Å². The molecule has 3 saturated heterocycles. The minimum atomic E-state index is -0.580. The minimum Gasteiger partial charge on any atom is -0.477 e. The molecule has 2 amide bonds. The molecule has 8 heterocycles. The number of rotatable bonds is 10. The lowest BCUT2D eigenvalue weighted by Gasteiger charge is -2.48. The number of nitrogens with two attached hydrogens (primary N) is 1. The first kappa shape index (κ1) is 44.7. The largest absolute Gasteiger partial charge is 0.477 e. The number of fused-ring (bicyclic) bond motifs is 5. The second kappa shape index (κ2) is 17.1. The van der Waals surface area contributed by atoms with Gasteiger partial charge in [0, 0.05) is 60.5 Å². The van der Waals surface area contributed by atoms with Gasteiger partial charge in [0.2, 0.25) is 23.6 Å². The number of hydrogen-bond acceptors (Lipinski definition) is 15. The van der Waals surface area contributed by atoms with E-state index in [0.717, 1.165) is 138 Å². The van der Waals surface area contributed by atoms with Gasteiger partial charge in [-0.3, -0.25) is 24.6 Å². The number of aromatic nitrogens is 6. The van der Waals surface area contributed by atoms with Gasteiger partial charge in [0.25, 0.3) is 0 Å². The Labute approximate surface area is 408 Å². The number of thiophene rings is 1. The van der Waals surface area contributed by atoms with Gasteiger partial charge in [-0.1, -0.05) is 5.16 Å². The van der Waals surface area contributed by atoms with Gasteiger partial charge in [0.1, 0.15) is 16.9 Å². The first-order valence-corrected chi connectivity index (χ1v) is 25.6. The molecule has 3 N–H and O–H groups in total. The number of halogens is 1. The minimum absolute atomic E-state index is 0.0128. The number of carbonyl (C=O) groups is 2. The van der Waals surface area contributed by atoms with Crippen molar-refractivity contribution in [3.05, 3.63) is 81.1 Å². The van der Waals surface area contributed by atoms with E-state index in [2.05, 4.69) is 36.4 Å². The Morgan fingerprint density at radius 1 is 1.00 bits per heavy atom. The van der Waals surface area contributed by atoms with Crippen LogP contribution in [0, 0.1) is 34.9 Å². The zero-order valence-electron chi connectivity index (χ0n) is 39.6. The lowest BCUT2D eigenvalue weighted by atomic mass is 9.63. The van der Waals surface area contributed by atoms with Crippen molar-refractivity contribution in [2.75, 3.05) is 50.0 Å². The number of nitrogen functional groups attached to an aromatic ring is 1. The molecular formula is C52H56FN11O5S. The maximum atomic E-state index is 16.0. The van der Waals surface area contributed by atoms with Crippen LogP contribution in [-0.2, 0) is 34.9 Å². The van der Waals surface area contributed by atoms with E-state index in [1.54, 1.807) is 23.1 Å². The molecule has 18 heteroatoms. The van der Waals surface area contributed by atoms with Crippen molar-refractivity contribution < 1.29 is 28.0 Å². The van der Waals surface area contributed by atoms with Gasteiger partial charge >= 0.3 is 0 Å². The molecule has 0 radical (unpaired) electrons. The fourth-order valence-corrected chi connectivity index (χ4v) is 13.6. The average Bonchev–Trinajstić information content (AvgIpc) is 3.64. The Balaban J connectivity index is 0.722. The third-order valence-corrected chi connectivity index (χ3v) is 17.7. The SMILES string of the molecule is Cc1ccncc1Oc1cc(OCC2(CN3CCC4(CC3)CCN(c3cc5c(cc3F)c(C3CCC(=O)NC3=O)nn5C)CC4)CC2)nc(-c2noc3c2CCC[C@@]32CCCc3sc(N)c(C#N)c32)n1. The number of benzene rings is 1. The topological polar surface area (TPSA) is 203 Å². The lowest BCUT2D eigenvalue weighted by Crippen LogP contribution is -2.48. The normalized spacial score (nSPS) is 22.7. The molecule has 12 rings (SSSR count). The number of carbonyl (C=O) groups excluding carboxylic acids is 2. The van der Waals surface area contributed by atoms with Crippen LogP contribution < -0.4 is 25.4 Å². The van der Waals surface area contributed by atoms with Crippen LogP contribution in [0.5, 0.6) is 17.5 Å². The molecule has 4 fully saturated rings. The van der Waals surface area contributed by atoms with E-state index in [0.29, 0.717) is 69.4 Å². The Kier molecular flexibility index (Phi) is 11.0. The zero-order chi connectivity index (χ0) is 47.9. The summed E-state index contributed by atoms with van der Waals surface area (Å²) in [6.07, 6.45) is 15.6. The Morgan fingerprint density at radius 3 is 2.53 bits per heavy atom. The fourth-order valence-electron chi connectivity index (χ4n) is 12.4. The number of hydrogen-bond donors (Lipinski definition) is 2. The maximum Gasteiger partial charge on any atom is 0.235 e. The molecular weight excluding hydrogens is 910 g/mol. The lowest BCUT2D eigenvalue weighted by molar-refractivity contribution is -0.134. The smallest absolute Gasteiger partial charge is 0.235 e. The van der Waals surface area contributed by atoms with E-state index in [-0.39, 0.29) is 34.9 Å². The fraction of sp³-hybridized carbons (Fsp3) is 0.500. The van der Waals surface area contributed by atoms with Crippen molar-refractivity contribution in [2.45, 2.75) is 108 Å². The highest BCUT2D eigenvalue weighted by atomic mass is 32.1. The highest BCUT2D eigenvalue weighted by Crippen LogP contribution is 2.55. The predicted octanol–water partition coefficient (Wildman–Crippen LogP) is 8.19. The van der Waals surface area contributed by atoms with Crippen molar-refractivity contribution in [3.63, 3.8) is 0 Å². The number of nitrogens with one attached hydrogen (secondary N) is 1. The molecule has 3 aliphatic carbocycles. The molecule has 0 bridgehead atoms. The van der Waals surface area contributed by atoms with Gasteiger partial charge in [-0.25, -0.2) is 4.39 Å². The quantitative estimate of drug-likeness (QED) is 0.124. The van der Waals surface area contributed by atoms with Crippen molar-refractivity contribution in [3.8, 4) is 35.1 Å². The van der Waals surface area contributed by atoms with Crippen LogP contribution in [0.3, 0.4) is 0 Å². The summed E-state index contributed by atoms with van der Waals surface area (Å²) in [7, 11) is 1.82. The average molecular weight is 966 g/mol. The van der Waals surface area contributed by atoms with Crippen LogP contribution in [0.4, 0.5) is 15.1 Å². The number of pyridine rings is 1. The zero-order valence-corrected chi connectivity index (χ0v) is 40.4. The van der Waals surface area contributed by atoms with Gasteiger partial charge in [-0.15, -0.1) is 11.3 Å². The first-order chi connectivity index (χ1) is 33.9. The number of aryl methyl sites for hydroxylation is 3. The van der Waals surface area contributed by atoms with E-state index in [1.807, 2.05) is 26.1 Å². The van der Waals surface area contributed by atoms with E-state index in [1.165, 1.54) is 22.3 Å². The van der Waals surface area contributed by atoms with Crippen LogP contribution >= 0.6 is 11.3 Å². The van der Waals surface area contributed by atoms with Crippen molar-refractivity contribution >= 4 is 44.7 Å². The summed E-state index contributed by atoms with van der Waals surface area (Å²) >= 11 is 1.52.